The fraction of sp³-hybridized carbons (Fsp3) is 0.350. The van der Waals surface area contributed by atoms with E-state index in [2.05, 4.69) is 4.98 Å². The molecule has 148 valence electrons. The smallest absolute Gasteiger partial charge is 0.417 e. The second-order valence-electron chi connectivity index (χ2n) is 7.44. The van der Waals surface area contributed by atoms with Gasteiger partial charge in [0.1, 0.15) is 17.2 Å². The first kappa shape index (κ1) is 19.1. The van der Waals surface area contributed by atoms with Gasteiger partial charge in [0.25, 0.3) is 0 Å². The highest BCUT2D eigenvalue weighted by Gasteiger charge is 2.60. The van der Waals surface area contributed by atoms with E-state index >= 15 is 0 Å². The Morgan fingerprint density at radius 1 is 1.18 bits per heavy atom. The molecule has 2 unspecified atom stereocenters. The number of hydrogen-bond donors (Lipinski definition) is 1. The van der Waals surface area contributed by atoms with Crippen LogP contribution in [0.5, 0.6) is 5.75 Å². The molecule has 0 spiro atoms. The highest BCUT2D eigenvalue weighted by atomic mass is 32.1. The van der Waals surface area contributed by atoms with Gasteiger partial charge in [0.05, 0.1) is 15.2 Å². The van der Waals surface area contributed by atoms with Gasteiger partial charge in [0, 0.05) is 18.4 Å². The second kappa shape index (κ2) is 6.15. The van der Waals surface area contributed by atoms with Crippen molar-refractivity contribution in [2.75, 3.05) is 0 Å². The lowest BCUT2D eigenvalue weighted by Crippen LogP contribution is -2.54. The Morgan fingerprint density at radius 2 is 1.93 bits per heavy atom. The molecule has 1 N–H and O–H groups in total. The fourth-order valence-electron chi connectivity index (χ4n) is 3.62. The number of thiazole rings is 1. The molecule has 3 aromatic rings. The van der Waals surface area contributed by atoms with Crippen molar-refractivity contribution in [3.63, 3.8) is 0 Å². The van der Waals surface area contributed by atoms with E-state index in [-0.39, 0.29) is 5.01 Å². The van der Waals surface area contributed by atoms with E-state index in [0.717, 1.165) is 27.7 Å². The molecule has 0 amide bonds. The molecule has 8 heteroatoms. The number of aryl methyl sites for hydroxylation is 1. The maximum atomic E-state index is 13.9. The summed E-state index contributed by atoms with van der Waals surface area (Å²) in [6.45, 7) is 3.29. The number of rotatable bonds is 4. The molecule has 4 rings (SSSR count). The van der Waals surface area contributed by atoms with E-state index < -0.39 is 36.0 Å². The van der Waals surface area contributed by atoms with Crippen LogP contribution in [-0.4, -0.2) is 21.9 Å². The summed E-state index contributed by atoms with van der Waals surface area (Å²) in [7, 11) is 0. The predicted molar refractivity (Wildman–Crippen MR) is 98.1 cm³/mol. The first-order valence-electron chi connectivity index (χ1n) is 8.63. The summed E-state index contributed by atoms with van der Waals surface area (Å²) in [6, 6.07) is 9.14. The molecule has 1 aliphatic rings. The maximum Gasteiger partial charge on any atom is 0.417 e. The van der Waals surface area contributed by atoms with Gasteiger partial charge in [-0.3, -0.25) is 0 Å². The Balaban J connectivity index is 1.67. The third-order valence-electron chi connectivity index (χ3n) is 5.04. The largest absolute Gasteiger partial charge is 0.482 e. The van der Waals surface area contributed by atoms with Gasteiger partial charge >= 0.3 is 6.18 Å². The van der Waals surface area contributed by atoms with Crippen LogP contribution in [0.1, 0.15) is 29.5 Å². The van der Waals surface area contributed by atoms with Crippen LogP contribution in [-0.2, 0) is 12.0 Å². The van der Waals surface area contributed by atoms with Gasteiger partial charge < -0.3 is 9.84 Å². The molecule has 2 aromatic carbocycles. The van der Waals surface area contributed by atoms with Crippen molar-refractivity contribution in [1.29, 1.82) is 0 Å². The molecule has 2 heterocycles. The molecular formula is C20H17F4NO2S. The summed E-state index contributed by atoms with van der Waals surface area (Å²) >= 11 is 1.12. The van der Waals surface area contributed by atoms with Crippen molar-refractivity contribution in [3.05, 3.63) is 58.3 Å². The van der Waals surface area contributed by atoms with Crippen LogP contribution in [0.25, 0.3) is 10.2 Å². The van der Waals surface area contributed by atoms with Crippen LogP contribution < -0.4 is 4.74 Å². The van der Waals surface area contributed by atoms with Gasteiger partial charge in [-0.15, -0.1) is 11.3 Å². The quantitative estimate of drug-likeness (QED) is 0.594. The van der Waals surface area contributed by atoms with Gasteiger partial charge in [-0.05, 0) is 49.7 Å². The number of fused-ring (bicyclic) bond motifs is 2. The Labute approximate surface area is 162 Å². The van der Waals surface area contributed by atoms with Crippen LogP contribution in [0.3, 0.4) is 0 Å². The van der Waals surface area contributed by atoms with Crippen LogP contribution in [0, 0.1) is 12.7 Å². The summed E-state index contributed by atoms with van der Waals surface area (Å²) < 4.78 is 61.3. The normalized spacial score (nSPS) is 21.0. The molecule has 0 saturated heterocycles. The van der Waals surface area contributed by atoms with Crippen molar-refractivity contribution in [2.45, 2.75) is 44.1 Å². The van der Waals surface area contributed by atoms with Crippen molar-refractivity contribution < 1.29 is 27.4 Å². The minimum atomic E-state index is -4.91. The lowest BCUT2D eigenvalue weighted by molar-refractivity contribution is -0.275. The molecule has 3 nitrogen and oxygen atoms in total. The van der Waals surface area contributed by atoms with Crippen molar-refractivity contribution in [2.24, 2.45) is 0 Å². The van der Waals surface area contributed by atoms with Gasteiger partial charge in [-0.25, -0.2) is 9.37 Å². The van der Waals surface area contributed by atoms with E-state index in [1.807, 2.05) is 13.0 Å². The number of nitrogens with zero attached hydrogens (tertiary/aromatic N) is 1. The highest BCUT2D eigenvalue weighted by Crippen LogP contribution is 2.51. The lowest BCUT2D eigenvalue weighted by Gasteiger charge is -2.46. The Kier molecular flexibility index (Phi) is 4.21. The van der Waals surface area contributed by atoms with Crippen LogP contribution in [0.15, 0.2) is 36.4 Å². The number of benzene rings is 2. The molecule has 1 aromatic heterocycles. The molecule has 28 heavy (non-hydrogen) atoms. The summed E-state index contributed by atoms with van der Waals surface area (Å²) in [4.78, 5) is 4.26. The molecule has 0 aliphatic carbocycles. The summed E-state index contributed by atoms with van der Waals surface area (Å²) in [5.41, 5.74) is -2.63. The number of alkyl halides is 3. The van der Waals surface area contributed by atoms with E-state index in [9.17, 15) is 22.7 Å². The van der Waals surface area contributed by atoms with E-state index in [1.165, 1.54) is 19.1 Å². The third kappa shape index (κ3) is 3.14. The summed E-state index contributed by atoms with van der Waals surface area (Å²) in [6.07, 6.45) is -6.36. The first-order chi connectivity index (χ1) is 13.0. The highest BCUT2D eigenvalue weighted by molar-refractivity contribution is 7.18. The Bertz CT molecular complexity index is 1060. The van der Waals surface area contributed by atoms with Crippen molar-refractivity contribution in [3.8, 4) is 5.75 Å². The lowest BCUT2D eigenvalue weighted by atomic mass is 9.78. The predicted octanol–water partition coefficient (Wildman–Crippen LogP) is 5.28. The van der Waals surface area contributed by atoms with Crippen LogP contribution in [0.4, 0.5) is 17.6 Å². The van der Waals surface area contributed by atoms with Crippen molar-refractivity contribution in [1.82, 2.24) is 4.98 Å². The third-order valence-corrected chi connectivity index (χ3v) is 6.07. The number of hydrogen-bond acceptors (Lipinski definition) is 4. The summed E-state index contributed by atoms with van der Waals surface area (Å²) in [5, 5.41) is 10.8. The zero-order valence-electron chi connectivity index (χ0n) is 15.1. The number of ether oxygens (including phenoxy) is 1. The standard InChI is InChI=1S/C20H17F4NO2S/c1-11-3-6-16-14(7-11)25-17(28-16)9-19(26,20(22,23)24)10-18(2)13-8-12(21)4-5-15(13)27-18/h3-8,26H,9-10H2,1-2H3. The monoisotopic (exact) mass is 411 g/mol. The van der Waals surface area contributed by atoms with Gasteiger partial charge in [0.15, 0.2) is 5.60 Å². The van der Waals surface area contributed by atoms with Gasteiger partial charge in [0.2, 0.25) is 0 Å². The molecule has 0 radical (unpaired) electrons. The van der Waals surface area contributed by atoms with Crippen LogP contribution in [0.2, 0.25) is 0 Å². The molecule has 0 bridgehead atoms. The first-order valence-corrected chi connectivity index (χ1v) is 9.45. The second-order valence-corrected chi connectivity index (χ2v) is 8.55. The minimum Gasteiger partial charge on any atom is -0.482 e. The number of aromatic nitrogens is 1. The number of aliphatic hydroxyl groups is 1. The topological polar surface area (TPSA) is 42.4 Å². The van der Waals surface area contributed by atoms with E-state index in [4.69, 9.17) is 4.74 Å². The van der Waals surface area contributed by atoms with Gasteiger partial charge in [-0.1, -0.05) is 6.07 Å². The average Bonchev–Trinajstić information content (AvgIpc) is 2.96. The minimum absolute atomic E-state index is 0.183. The molecule has 1 aliphatic heterocycles. The molecule has 2 atom stereocenters. The number of halogens is 4. The summed E-state index contributed by atoms with van der Waals surface area (Å²) in [5.74, 6) is -0.241. The Morgan fingerprint density at radius 3 is 2.64 bits per heavy atom. The molecular weight excluding hydrogens is 394 g/mol. The average molecular weight is 411 g/mol. The Hall–Kier alpha value is -2.19. The maximum absolute atomic E-state index is 13.9. The van der Waals surface area contributed by atoms with E-state index in [1.54, 1.807) is 12.1 Å². The zero-order chi connectivity index (χ0) is 20.3. The SMILES string of the molecule is Cc1ccc2sc(CC(O)(CC3(C)Oc4ccc(F)cc43)C(F)(F)F)nc2c1. The van der Waals surface area contributed by atoms with Gasteiger partial charge in [-0.2, -0.15) is 13.2 Å². The van der Waals surface area contributed by atoms with Crippen LogP contribution >= 0.6 is 11.3 Å². The van der Waals surface area contributed by atoms with Crippen molar-refractivity contribution >= 4 is 21.6 Å². The zero-order valence-corrected chi connectivity index (χ0v) is 15.9. The molecule has 0 fully saturated rings. The molecule has 0 saturated carbocycles. The fourth-order valence-corrected chi connectivity index (χ4v) is 4.67. The van der Waals surface area contributed by atoms with E-state index in [0.29, 0.717) is 16.8 Å².